The molecular formula is C17H18ClNO3. The quantitative estimate of drug-likeness (QED) is 0.883. The van der Waals surface area contributed by atoms with Crippen molar-refractivity contribution in [1.82, 2.24) is 5.32 Å². The second-order valence-corrected chi connectivity index (χ2v) is 5.02. The Bertz CT molecular complexity index is 641. The lowest BCUT2D eigenvalue weighted by Gasteiger charge is -2.09. The molecule has 0 saturated heterocycles. The van der Waals surface area contributed by atoms with E-state index < -0.39 is 0 Å². The van der Waals surface area contributed by atoms with Gasteiger partial charge < -0.3 is 14.8 Å². The molecule has 0 aliphatic carbocycles. The van der Waals surface area contributed by atoms with Crippen LogP contribution in [0.25, 0.3) is 0 Å². The molecule has 2 aromatic rings. The van der Waals surface area contributed by atoms with Gasteiger partial charge in [-0.3, -0.25) is 4.79 Å². The molecule has 0 aromatic heterocycles. The van der Waals surface area contributed by atoms with Crippen molar-refractivity contribution in [3.8, 4) is 11.5 Å². The molecule has 4 nitrogen and oxygen atoms in total. The number of halogens is 1. The summed E-state index contributed by atoms with van der Waals surface area (Å²) in [6.45, 7) is 2.85. The smallest absolute Gasteiger partial charge is 0.251 e. The van der Waals surface area contributed by atoms with Crippen LogP contribution in [0.3, 0.4) is 0 Å². The van der Waals surface area contributed by atoms with Crippen LogP contribution in [0, 0.1) is 0 Å². The summed E-state index contributed by atoms with van der Waals surface area (Å²) in [7, 11) is 1.62. The van der Waals surface area contributed by atoms with Crippen LogP contribution in [0.2, 0.25) is 5.02 Å². The van der Waals surface area contributed by atoms with Crippen LogP contribution in [0.1, 0.15) is 22.8 Å². The number of carbonyl (C=O) groups is 1. The van der Waals surface area contributed by atoms with E-state index in [0.717, 1.165) is 11.3 Å². The Labute approximate surface area is 135 Å². The monoisotopic (exact) mass is 319 g/mol. The number of methoxy groups -OCH3 is 1. The largest absolute Gasteiger partial charge is 0.497 e. The summed E-state index contributed by atoms with van der Waals surface area (Å²) in [5.74, 6) is 1.19. The highest BCUT2D eigenvalue weighted by molar-refractivity contribution is 6.32. The predicted octanol–water partition coefficient (Wildman–Crippen LogP) is 3.68. The zero-order valence-corrected chi connectivity index (χ0v) is 13.3. The lowest BCUT2D eigenvalue weighted by molar-refractivity contribution is 0.0951. The van der Waals surface area contributed by atoms with E-state index in [4.69, 9.17) is 21.1 Å². The molecular weight excluding hydrogens is 302 g/mol. The third-order valence-electron chi connectivity index (χ3n) is 3.11. The molecule has 0 aliphatic heterocycles. The van der Waals surface area contributed by atoms with Crippen molar-refractivity contribution in [1.29, 1.82) is 0 Å². The Balaban J connectivity index is 1.98. The molecule has 0 saturated carbocycles. The fourth-order valence-corrected chi connectivity index (χ4v) is 2.18. The molecule has 0 atom stereocenters. The molecule has 0 spiro atoms. The van der Waals surface area contributed by atoms with E-state index in [0.29, 0.717) is 29.5 Å². The maximum Gasteiger partial charge on any atom is 0.251 e. The van der Waals surface area contributed by atoms with Gasteiger partial charge in [0.1, 0.15) is 11.5 Å². The highest BCUT2D eigenvalue weighted by atomic mass is 35.5. The number of benzene rings is 2. The van der Waals surface area contributed by atoms with Crippen molar-refractivity contribution in [2.45, 2.75) is 13.5 Å². The predicted molar refractivity (Wildman–Crippen MR) is 86.8 cm³/mol. The van der Waals surface area contributed by atoms with Gasteiger partial charge in [-0.15, -0.1) is 0 Å². The zero-order valence-electron chi connectivity index (χ0n) is 12.6. The molecule has 22 heavy (non-hydrogen) atoms. The van der Waals surface area contributed by atoms with Crippen molar-refractivity contribution in [3.05, 3.63) is 58.6 Å². The van der Waals surface area contributed by atoms with Crippen molar-refractivity contribution in [2.75, 3.05) is 13.7 Å². The van der Waals surface area contributed by atoms with Crippen LogP contribution in [-0.2, 0) is 6.54 Å². The minimum Gasteiger partial charge on any atom is -0.497 e. The first-order chi connectivity index (χ1) is 10.6. The molecule has 0 unspecified atom stereocenters. The van der Waals surface area contributed by atoms with E-state index >= 15 is 0 Å². The zero-order chi connectivity index (χ0) is 15.9. The highest BCUT2D eigenvalue weighted by Gasteiger charge is 2.09. The topological polar surface area (TPSA) is 47.6 Å². The van der Waals surface area contributed by atoms with Crippen LogP contribution in [0.15, 0.2) is 42.5 Å². The number of ether oxygens (including phenoxy) is 2. The van der Waals surface area contributed by atoms with Gasteiger partial charge in [0.2, 0.25) is 0 Å². The van der Waals surface area contributed by atoms with Crippen molar-refractivity contribution < 1.29 is 14.3 Å². The van der Waals surface area contributed by atoms with Gasteiger partial charge in [0.05, 0.1) is 18.7 Å². The normalized spacial score (nSPS) is 10.1. The van der Waals surface area contributed by atoms with Gasteiger partial charge in [-0.25, -0.2) is 0 Å². The summed E-state index contributed by atoms with van der Waals surface area (Å²) in [5, 5.41) is 3.28. The first kappa shape index (κ1) is 16.2. The van der Waals surface area contributed by atoms with Crippen molar-refractivity contribution in [3.63, 3.8) is 0 Å². The summed E-state index contributed by atoms with van der Waals surface area (Å²) in [6.07, 6.45) is 0. The van der Waals surface area contributed by atoms with Gasteiger partial charge in [-0.1, -0.05) is 23.7 Å². The van der Waals surface area contributed by atoms with Gasteiger partial charge >= 0.3 is 0 Å². The van der Waals surface area contributed by atoms with Crippen LogP contribution < -0.4 is 14.8 Å². The van der Waals surface area contributed by atoms with Gasteiger partial charge in [0.15, 0.2) is 0 Å². The molecule has 1 amide bonds. The number of nitrogens with one attached hydrogen (secondary N) is 1. The molecule has 0 radical (unpaired) electrons. The summed E-state index contributed by atoms with van der Waals surface area (Å²) < 4.78 is 10.4. The Morgan fingerprint density at radius 2 is 1.91 bits per heavy atom. The summed E-state index contributed by atoms with van der Waals surface area (Å²) in [5.41, 5.74) is 1.49. The van der Waals surface area contributed by atoms with E-state index in [-0.39, 0.29) is 5.91 Å². The first-order valence-electron chi connectivity index (χ1n) is 6.97. The average molecular weight is 320 g/mol. The molecule has 116 valence electrons. The van der Waals surface area contributed by atoms with Gasteiger partial charge in [-0.2, -0.15) is 0 Å². The van der Waals surface area contributed by atoms with Gasteiger partial charge in [0.25, 0.3) is 5.91 Å². The van der Waals surface area contributed by atoms with E-state index in [9.17, 15) is 4.79 Å². The second-order valence-electron chi connectivity index (χ2n) is 4.61. The molecule has 0 bridgehead atoms. The molecule has 0 heterocycles. The minimum absolute atomic E-state index is 0.180. The number of hydrogen-bond donors (Lipinski definition) is 1. The summed E-state index contributed by atoms with van der Waals surface area (Å²) in [4.78, 5) is 12.1. The maximum atomic E-state index is 12.1. The maximum absolute atomic E-state index is 12.1. The minimum atomic E-state index is -0.180. The SMILES string of the molecule is CCOc1ccc(C(=O)NCc2ccc(OC)cc2)cc1Cl. The summed E-state index contributed by atoms with van der Waals surface area (Å²) >= 11 is 6.08. The molecule has 1 N–H and O–H groups in total. The Hall–Kier alpha value is -2.20. The molecule has 2 aromatic carbocycles. The standard InChI is InChI=1S/C17H18ClNO3/c1-3-22-16-9-6-13(10-15(16)18)17(20)19-11-12-4-7-14(21-2)8-5-12/h4-10H,3,11H2,1-2H3,(H,19,20). The molecule has 5 heteroatoms. The Morgan fingerprint density at radius 1 is 1.18 bits per heavy atom. The third kappa shape index (κ3) is 4.15. The van der Waals surface area contributed by atoms with E-state index in [2.05, 4.69) is 5.32 Å². The van der Waals surface area contributed by atoms with Crippen LogP contribution in [0.4, 0.5) is 0 Å². The second kappa shape index (κ2) is 7.71. The fourth-order valence-electron chi connectivity index (χ4n) is 1.94. The van der Waals surface area contributed by atoms with Crippen molar-refractivity contribution in [2.24, 2.45) is 0 Å². The number of rotatable bonds is 6. The van der Waals surface area contributed by atoms with E-state index in [1.807, 2.05) is 31.2 Å². The molecule has 0 aliphatic rings. The van der Waals surface area contributed by atoms with Crippen LogP contribution in [0.5, 0.6) is 11.5 Å². The van der Waals surface area contributed by atoms with Gasteiger partial charge in [-0.05, 0) is 42.8 Å². The Morgan fingerprint density at radius 3 is 2.50 bits per heavy atom. The van der Waals surface area contributed by atoms with E-state index in [1.54, 1.807) is 25.3 Å². The highest BCUT2D eigenvalue weighted by Crippen LogP contribution is 2.25. The van der Waals surface area contributed by atoms with Gasteiger partial charge in [0, 0.05) is 12.1 Å². The number of amides is 1. The fraction of sp³-hybridized carbons (Fsp3) is 0.235. The lowest BCUT2D eigenvalue weighted by atomic mass is 10.2. The number of hydrogen-bond acceptors (Lipinski definition) is 3. The molecule has 2 rings (SSSR count). The summed E-state index contributed by atoms with van der Waals surface area (Å²) in [6, 6.07) is 12.5. The van der Waals surface area contributed by atoms with Crippen LogP contribution in [-0.4, -0.2) is 19.6 Å². The average Bonchev–Trinajstić information content (AvgIpc) is 2.55. The number of carbonyl (C=O) groups excluding carboxylic acids is 1. The third-order valence-corrected chi connectivity index (χ3v) is 3.40. The lowest BCUT2D eigenvalue weighted by Crippen LogP contribution is -2.22. The first-order valence-corrected chi connectivity index (χ1v) is 7.35. The van der Waals surface area contributed by atoms with Crippen molar-refractivity contribution >= 4 is 17.5 Å². The Kier molecular flexibility index (Phi) is 5.67. The molecule has 0 fully saturated rings. The van der Waals surface area contributed by atoms with Crippen LogP contribution >= 0.6 is 11.6 Å². The van der Waals surface area contributed by atoms with E-state index in [1.165, 1.54) is 0 Å².